The lowest BCUT2D eigenvalue weighted by atomic mass is 10.2. The molecule has 0 spiro atoms. The number of esters is 1. The highest BCUT2D eigenvalue weighted by molar-refractivity contribution is 6.37. The highest BCUT2D eigenvalue weighted by atomic mass is 35.5. The summed E-state index contributed by atoms with van der Waals surface area (Å²) in [7, 11) is 1.22. The molecular formula is C10H6ClFN2O2. The number of carbonyl (C=O) groups is 1. The van der Waals surface area contributed by atoms with Crippen molar-refractivity contribution in [3.05, 3.63) is 34.7 Å². The summed E-state index contributed by atoms with van der Waals surface area (Å²) in [6.07, 6.45) is 0. The van der Waals surface area contributed by atoms with Gasteiger partial charge in [0, 0.05) is 11.5 Å². The fourth-order valence-corrected chi connectivity index (χ4v) is 1.55. The van der Waals surface area contributed by atoms with Crippen LogP contribution in [0.3, 0.4) is 0 Å². The Balaban J connectivity index is 2.70. The van der Waals surface area contributed by atoms with E-state index in [-0.39, 0.29) is 16.2 Å². The number of methoxy groups -OCH3 is 1. The summed E-state index contributed by atoms with van der Waals surface area (Å²) in [5.74, 6) is -1.12. The average Bonchev–Trinajstić information content (AvgIpc) is 2.28. The Morgan fingerprint density at radius 2 is 2.19 bits per heavy atom. The number of fused-ring (bicyclic) bond motifs is 1. The van der Waals surface area contributed by atoms with Crippen molar-refractivity contribution in [1.29, 1.82) is 0 Å². The van der Waals surface area contributed by atoms with Crippen LogP contribution in [0.15, 0.2) is 18.2 Å². The summed E-state index contributed by atoms with van der Waals surface area (Å²) in [6, 6.07) is 3.86. The first-order valence-electron chi connectivity index (χ1n) is 4.33. The highest BCUT2D eigenvalue weighted by Crippen LogP contribution is 2.24. The minimum Gasteiger partial charge on any atom is -0.464 e. The molecule has 16 heavy (non-hydrogen) atoms. The summed E-state index contributed by atoms with van der Waals surface area (Å²) < 4.78 is 17.4. The van der Waals surface area contributed by atoms with Crippen LogP contribution in [0.25, 0.3) is 10.9 Å². The third kappa shape index (κ3) is 1.69. The quantitative estimate of drug-likeness (QED) is 0.717. The van der Waals surface area contributed by atoms with E-state index in [0.29, 0.717) is 5.39 Å². The molecule has 1 aromatic heterocycles. The zero-order valence-electron chi connectivity index (χ0n) is 8.20. The van der Waals surface area contributed by atoms with Gasteiger partial charge in [0.15, 0.2) is 5.69 Å². The molecule has 0 amide bonds. The molecule has 0 atom stereocenters. The molecule has 6 heteroatoms. The molecule has 0 N–H and O–H groups in total. The molecule has 0 saturated heterocycles. The first-order chi connectivity index (χ1) is 7.63. The average molecular weight is 241 g/mol. The van der Waals surface area contributed by atoms with Crippen LogP contribution >= 0.6 is 11.6 Å². The van der Waals surface area contributed by atoms with Crippen LogP contribution in [0.4, 0.5) is 4.39 Å². The van der Waals surface area contributed by atoms with Crippen LogP contribution in [0.1, 0.15) is 10.5 Å². The van der Waals surface area contributed by atoms with Crippen molar-refractivity contribution in [2.24, 2.45) is 0 Å². The van der Waals surface area contributed by atoms with Crippen molar-refractivity contribution >= 4 is 28.5 Å². The van der Waals surface area contributed by atoms with Gasteiger partial charge in [-0.25, -0.2) is 9.18 Å². The topological polar surface area (TPSA) is 52.1 Å². The van der Waals surface area contributed by atoms with Gasteiger partial charge in [-0.15, -0.1) is 10.2 Å². The van der Waals surface area contributed by atoms with Gasteiger partial charge in [-0.3, -0.25) is 0 Å². The summed E-state index contributed by atoms with van der Waals surface area (Å²) in [4.78, 5) is 11.3. The van der Waals surface area contributed by atoms with Crippen LogP contribution in [0, 0.1) is 5.82 Å². The van der Waals surface area contributed by atoms with Crippen molar-refractivity contribution in [2.75, 3.05) is 7.11 Å². The Labute approximate surface area is 95.0 Å². The Morgan fingerprint density at radius 3 is 2.88 bits per heavy atom. The van der Waals surface area contributed by atoms with Crippen molar-refractivity contribution in [1.82, 2.24) is 10.2 Å². The molecule has 0 aliphatic carbocycles. The van der Waals surface area contributed by atoms with E-state index >= 15 is 0 Å². The minimum absolute atomic E-state index is 0.0803. The maximum absolute atomic E-state index is 12.9. The molecule has 0 unspecified atom stereocenters. The second-order valence-corrected chi connectivity index (χ2v) is 3.39. The van der Waals surface area contributed by atoms with E-state index in [1.54, 1.807) is 0 Å². The molecule has 1 aromatic carbocycles. The van der Waals surface area contributed by atoms with Gasteiger partial charge in [-0.05, 0) is 12.1 Å². The number of ether oxygens (including phenoxy) is 1. The van der Waals surface area contributed by atoms with Gasteiger partial charge in [-0.2, -0.15) is 0 Å². The third-order valence-electron chi connectivity index (χ3n) is 2.04. The van der Waals surface area contributed by atoms with Gasteiger partial charge in [0.25, 0.3) is 0 Å². The maximum Gasteiger partial charge on any atom is 0.360 e. The van der Waals surface area contributed by atoms with Crippen LogP contribution in [-0.2, 0) is 4.74 Å². The molecule has 0 fully saturated rings. The lowest BCUT2D eigenvalue weighted by Gasteiger charge is -2.03. The largest absolute Gasteiger partial charge is 0.464 e. The van der Waals surface area contributed by atoms with Gasteiger partial charge < -0.3 is 4.74 Å². The van der Waals surface area contributed by atoms with E-state index in [4.69, 9.17) is 11.6 Å². The summed E-state index contributed by atoms with van der Waals surface area (Å²) >= 11 is 5.94. The monoisotopic (exact) mass is 240 g/mol. The molecule has 4 nitrogen and oxygen atoms in total. The number of nitrogens with zero attached hydrogens (tertiary/aromatic N) is 2. The smallest absolute Gasteiger partial charge is 0.360 e. The van der Waals surface area contributed by atoms with Gasteiger partial charge in [0.05, 0.1) is 17.6 Å². The number of carbonyl (C=O) groups excluding carboxylic acids is 1. The second kappa shape index (κ2) is 4.02. The lowest BCUT2D eigenvalue weighted by Crippen LogP contribution is -2.07. The SMILES string of the molecule is COC(=O)c1nnc2cc(F)ccc2c1Cl. The number of benzene rings is 1. The number of hydrogen-bond donors (Lipinski definition) is 0. The summed E-state index contributed by atoms with van der Waals surface area (Å²) in [5.41, 5.74) is 0.209. The molecule has 2 aromatic rings. The zero-order chi connectivity index (χ0) is 11.7. The predicted molar refractivity (Wildman–Crippen MR) is 55.8 cm³/mol. The number of hydrogen-bond acceptors (Lipinski definition) is 4. The first kappa shape index (κ1) is 10.8. The first-order valence-corrected chi connectivity index (χ1v) is 4.71. The van der Waals surface area contributed by atoms with E-state index in [2.05, 4.69) is 14.9 Å². The molecule has 0 aliphatic heterocycles. The molecule has 82 valence electrons. The van der Waals surface area contributed by atoms with E-state index in [1.807, 2.05) is 0 Å². The van der Waals surface area contributed by atoms with Gasteiger partial charge in [0.1, 0.15) is 5.82 Å². The zero-order valence-corrected chi connectivity index (χ0v) is 8.95. The standard InChI is InChI=1S/C10H6ClFN2O2/c1-16-10(15)9-8(11)6-3-2-5(12)4-7(6)13-14-9/h2-4H,1H3. The Kier molecular flexibility index (Phi) is 2.70. The minimum atomic E-state index is -0.677. The van der Waals surface area contributed by atoms with E-state index in [1.165, 1.54) is 25.3 Å². The lowest BCUT2D eigenvalue weighted by molar-refractivity contribution is 0.0593. The third-order valence-corrected chi connectivity index (χ3v) is 2.42. The van der Waals surface area contributed by atoms with Crippen LogP contribution in [0.5, 0.6) is 0 Å². The molecular weight excluding hydrogens is 235 g/mol. The van der Waals surface area contributed by atoms with Gasteiger partial charge in [0.2, 0.25) is 0 Å². The van der Waals surface area contributed by atoms with E-state index in [0.717, 1.165) is 0 Å². The van der Waals surface area contributed by atoms with Crippen LogP contribution < -0.4 is 0 Å². The normalized spacial score (nSPS) is 10.4. The van der Waals surface area contributed by atoms with E-state index in [9.17, 15) is 9.18 Å². The molecule has 2 rings (SSSR count). The van der Waals surface area contributed by atoms with Crippen molar-refractivity contribution < 1.29 is 13.9 Å². The molecule has 0 aliphatic rings. The van der Waals surface area contributed by atoms with Crippen LogP contribution in [-0.4, -0.2) is 23.3 Å². The summed E-state index contributed by atoms with van der Waals surface area (Å²) in [5, 5.41) is 7.86. The predicted octanol–water partition coefficient (Wildman–Crippen LogP) is 2.21. The van der Waals surface area contributed by atoms with Crippen LogP contribution in [0.2, 0.25) is 5.02 Å². The molecule has 0 radical (unpaired) electrons. The van der Waals surface area contributed by atoms with Crippen molar-refractivity contribution in [3.8, 4) is 0 Å². The molecule has 1 heterocycles. The Hall–Kier alpha value is -1.75. The number of rotatable bonds is 1. The number of aromatic nitrogens is 2. The Bertz CT molecular complexity index is 574. The summed E-state index contributed by atoms with van der Waals surface area (Å²) in [6.45, 7) is 0. The number of halogens is 2. The molecule has 0 saturated carbocycles. The van der Waals surface area contributed by atoms with Crippen molar-refractivity contribution in [2.45, 2.75) is 0 Å². The second-order valence-electron chi connectivity index (χ2n) is 3.02. The van der Waals surface area contributed by atoms with Gasteiger partial charge in [-0.1, -0.05) is 11.6 Å². The Morgan fingerprint density at radius 1 is 1.44 bits per heavy atom. The fourth-order valence-electron chi connectivity index (χ4n) is 1.28. The highest BCUT2D eigenvalue weighted by Gasteiger charge is 2.16. The van der Waals surface area contributed by atoms with E-state index < -0.39 is 11.8 Å². The molecule has 0 bridgehead atoms. The fraction of sp³-hybridized carbons (Fsp3) is 0.100. The van der Waals surface area contributed by atoms with Gasteiger partial charge >= 0.3 is 5.97 Å². The van der Waals surface area contributed by atoms with Crippen molar-refractivity contribution in [3.63, 3.8) is 0 Å². The maximum atomic E-state index is 12.9.